The van der Waals surface area contributed by atoms with Gasteiger partial charge in [0.15, 0.2) is 5.82 Å². The zero-order valence-corrected chi connectivity index (χ0v) is 13.9. The van der Waals surface area contributed by atoms with Gasteiger partial charge < -0.3 is 25.6 Å². The first-order chi connectivity index (χ1) is 11.6. The minimum atomic E-state index is -0.379. The van der Waals surface area contributed by atoms with Crippen LogP contribution in [0.3, 0.4) is 0 Å². The third-order valence-corrected chi connectivity index (χ3v) is 4.26. The summed E-state index contributed by atoms with van der Waals surface area (Å²) in [7, 11) is -0.379. The van der Waals surface area contributed by atoms with Crippen LogP contribution in [0.1, 0.15) is 12.8 Å². The number of pyridine rings is 1. The molecule has 1 aromatic carbocycles. The lowest BCUT2D eigenvalue weighted by Gasteiger charge is -2.32. The standard InChI is InChI=1S/C17H23BN4O2/c1-18(23)22-11-8-15(9-12-22)24-14-6-4-13(5-7-14)21-17-16(19)3-2-10-20-17/h2-7,10,15,23H,8-9,11-12,19H2,1H3,(H,20,21). The number of aromatic nitrogens is 1. The fraction of sp³-hybridized carbons (Fsp3) is 0.353. The molecule has 1 aliphatic rings. The van der Waals surface area contributed by atoms with Crippen molar-refractivity contribution in [3.05, 3.63) is 42.6 Å². The quantitative estimate of drug-likeness (QED) is 0.732. The van der Waals surface area contributed by atoms with Gasteiger partial charge >= 0.3 is 7.05 Å². The second-order valence-electron chi connectivity index (χ2n) is 6.08. The van der Waals surface area contributed by atoms with E-state index < -0.39 is 0 Å². The fourth-order valence-electron chi connectivity index (χ4n) is 2.84. The molecule has 0 atom stereocenters. The maximum Gasteiger partial charge on any atom is 0.376 e. The summed E-state index contributed by atoms with van der Waals surface area (Å²) < 4.78 is 6.04. The van der Waals surface area contributed by atoms with Crippen molar-refractivity contribution in [1.82, 2.24) is 9.79 Å². The molecule has 1 aliphatic heterocycles. The molecule has 2 heterocycles. The normalized spacial score (nSPS) is 15.9. The number of nitrogens with one attached hydrogen (secondary N) is 1. The third-order valence-electron chi connectivity index (χ3n) is 4.26. The second-order valence-corrected chi connectivity index (χ2v) is 6.08. The topological polar surface area (TPSA) is 83.6 Å². The predicted octanol–water partition coefficient (Wildman–Crippen LogP) is 2.36. The van der Waals surface area contributed by atoms with Gasteiger partial charge in [-0.25, -0.2) is 4.98 Å². The Kier molecular flexibility index (Phi) is 5.22. The summed E-state index contributed by atoms with van der Waals surface area (Å²) in [5.41, 5.74) is 7.41. The molecule has 1 saturated heterocycles. The number of piperidine rings is 1. The van der Waals surface area contributed by atoms with E-state index in [9.17, 15) is 5.02 Å². The Labute approximate surface area is 142 Å². The van der Waals surface area contributed by atoms with E-state index in [0.717, 1.165) is 37.4 Å². The highest BCUT2D eigenvalue weighted by Crippen LogP contribution is 2.24. The molecule has 1 fully saturated rings. The van der Waals surface area contributed by atoms with E-state index >= 15 is 0 Å². The van der Waals surface area contributed by atoms with Crippen molar-refractivity contribution < 1.29 is 9.76 Å². The van der Waals surface area contributed by atoms with Gasteiger partial charge in [0.1, 0.15) is 11.9 Å². The molecule has 0 aliphatic carbocycles. The lowest BCUT2D eigenvalue weighted by Crippen LogP contribution is -2.45. The van der Waals surface area contributed by atoms with Gasteiger partial charge in [0, 0.05) is 11.9 Å². The summed E-state index contributed by atoms with van der Waals surface area (Å²) in [5.74, 6) is 1.50. The molecular formula is C17H23BN4O2. The monoisotopic (exact) mass is 326 g/mol. The highest BCUT2D eigenvalue weighted by Gasteiger charge is 2.24. The van der Waals surface area contributed by atoms with Gasteiger partial charge in [-0.2, -0.15) is 0 Å². The Hall–Kier alpha value is -2.25. The molecule has 0 saturated carbocycles. The molecule has 24 heavy (non-hydrogen) atoms. The minimum Gasteiger partial charge on any atom is -0.490 e. The average molecular weight is 326 g/mol. The lowest BCUT2D eigenvalue weighted by molar-refractivity contribution is 0.128. The first-order valence-electron chi connectivity index (χ1n) is 8.28. The Morgan fingerprint density at radius 1 is 1.25 bits per heavy atom. The number of nitrogens with two attached hydrogens (primary N) is 1. The number of benzene rings is 1. The van der Waals surface area contributed by atoms with E-state index in [-0.39, 0.29) is 13.2 Å². The zero-order chi connectivity index (χ0) is 16.9. The molecule has 0 spiro atoms. The van der Waals surface area contributed by atoms with Crippen LogP contribution in [0.25, 0.3) is 0 Å². The number of nitrogens with zero attached hydrogens (tertiary/aromatic N) is 2. The summed E-state index contributed by atoms with van der Waals surface area (Å²) in [4.78, 5) is 6.28. The first kappa shape index (κ1) is 16.6. The van der Waals surface area contributed by atoms with Crippen LogP contribution in [-0.2, 0) is 0 Å². The number of hydrogen-bond donors (Lipinski definition) is 3. The van der Waals surface area contributed by atoms with Crippen LogP contribution in [0, 0.1) is 0 Å². The third kappa shape index (κ3) is 4.18. The van der Waals surface area contributed by atoms with Gasteiger partial charge in [0.25, 0.3) is 0 Å². The van der Waals surface area contributed by atoms with Crippen LogP contribution in [0.4, 0.5) is 17.2 Å². The predicted molar refractivity (Wildman–Crippen MR) is 97.4 cm³/mol. The summed E-state index contributed by atoms with van der Waals surface area (Å²) in [5, 5.41) is 12.8. The molecule has 0 radical (unpaired) electrons. The van der Waals surface area contributed by atoms with Crippen molar-refractivity contribution in [3.8, 4) is 5.75 Å². The summed E-state index contributed by atoms with van der Waals surface area (Å²) in [6.45, 7) is 3.53. The fourth-order valence-corrected chi connectivity index (χ4v) is 2.84. The first-order valence-corrected chi connectivity index (χ1v) is 8.28. The van der Waals surface area contributed by atoms with E-state index in [2.05, 4.69) is 15.1 Å². The molecule has 126 valence electrons. The van der Waals surface area contributed by atoms with Gasteiger partial charge in [-0.3, -0.25) is 0 Å². The number of ether oxygens (including phenoxy) is 1. The van der Waals surface area contributed by atoms with E-state index in [0.29, 0.717) is 11.5 Å². The van der Waals surface area contributed by atoms with Crippen molar-refractivity contribution in [2.24, 2.45) is 0 Å². The molecule has 7 heteroatoms. The van der Waals surface area contributed by atoms with Crippen LogP contribution >= 0.6 is 0 Å². The Morgan fingerprint density at radius 2 is 1.96 bits per heavy atom. The van der Waals surface area contributed by atoms with Crippen LogP contribution < -0.4 is 15.8 Å². The van der Waals surface area contributed by atoms with Crippen molar-refractivity contribution in [2.45, 2.75) is 25.8 Å². The summed E-state index contributed by atoms with van der Waals surface area (Å²) >= 11 is 0. The van der Waals surface area contributed by atoms with Crippen LogP contribution in [0.5, 0.6) is 5.75 Å². The number of rotatable bonds is 5. The molecule has 4 N–H and O–H groups in total. The zero-order valence-electron chi connectivity index (χ0n) is 13.9. The van der Waals surface area contributed by atoms with Crippen LogP contribution in [-0.4, -0.2) is 41.1 Å². The minimum absolute atomic E-state index is 0.199. The van der Waals surface area contributed by atoms with Gasteiger partial charge in [0.2, 0.25) is 0 Å². The Bertz CT molecular complexity index is 658. The van der Waals surface area contributed by atoms with Crippen molar-refractivity contribution >= 4 is 24.2 Å². The van der Waals surface area contributed by atoms with Crippen molar-refractivity contribution in [3.63, 3.8) is 0 Å². The average Bonchev–Trinajstić information content (AvgIpc) is 2.59. The van der Waals surface area contributed by atoms with Crippen LogP contribution in [0.15, 0.2) is 42.6 Å². The molecule has 0 unspecified atom stereocenters. The lowest BCUT2D eigenvalue weighted by atomic mass is 9.82. The number of hydrogen-bond acceptors (Lipinski definition) is 6. The van der Waals surface area contributed by atoms with E-state index in [1.165, 1.54) is 0 Å². The molecule has 2 aromatic rings. The highest BCUT2D eigenvalue weighted by molar-refractivity contribution is 6.45. The summed E-state index contributed by atoms with van der Waals surface area (Å²) in [6, 6.07) is 11.4. The molecule has 3 rings (SSSR count). The van der Waals surface area contributed by atoms with Crippen molar-refractivity contribution in [1.29, 1.82) is 0 Å². The maximum atomic E-state index is 9.59. The van der Waals surface area contributed by atoms with Gasteiger partial charge in [-0.05, 0) is 69.2 Å². The molecule has 0 bridgehead atoms. The number of nitrogen functional groups attached to an aromatic ring is 1. The SMILES string of the molecule is CB(O)N1CCC(Oc2ccc(Nc3ncccc3N)cc2)CC1. The second kappa shape index (κ2) is 7.55. The van der Waals surface area contributed by atoms with E-state index in [1.54, 1.807) is 19.1 Å². The van der Waals surface area contributed by atoms with E-state index in [1.807, 2.05) is 30.3 Å². The van der Waals surface area contributed by atoms with E-state index in [4.69, 9.17) is 10.5 Å². The molecular weight excluding hydrogens is 303 g/mol. The smallest absolute Gasteiger partial charge is 0.376 e. The van der Waals surface area contributed by atoms with Crippen molar-refractivity contribution in [2.75, 3.05) is 24.1 Å². The maximum absolute atomic E-state index is 9.59. The molecule has 1 aromatic heterocycles. The number of anilines is 3. The summed E-state index contributed by atoms with van der Waals surface area (Å²) in [6.07, 6.45) is 3.76. The highest BCUT2D eigenvalue weighted by atomic mass is 16.5. The molecule has 6 nitrogen and oxygen atoms in total. The largest absolute Gasteiger partial charge is 0.490 e. The Balaban J connectivity index is 1.55. The molecule has 0 amide bonds. The van der Waals surface area contributed by atoms with Crippen LogP contribution in [0.2, 0.25) is 6.82 Å². The Morgan fingerprint density at radius 3 is 2.58 bits per heavy atom. The van der Waals surface area contributed by atoms with Gasteiger partial charge in [0.05, 0.1) is 5.69 Å². The van der Waals surface area contributed by atoms with Gasteiger partial charge in [-0.1, -0.05) is 0 Å². The van der Waals surface area contributed by atoms with Gasteiger partial charge in [-0.15, -0.1) is 0 Å².